The average molecular weight is 1080 g/mol. The number of carbonyl (C=O) groups excluding carboxylic acids is 2. The molecule has 0 radical (unpaired) electrons. The fraction of sp³-hybridized carbons (Fsp3) is 0.0161. The van der Waals surface area contributed by atoms with Gasteiger partial charge in [0.25, 0.3) is 11.8 Å². The summed E-state index contributed by atoms with van der Waals surface area (Å²) in [5, 5.41) is 2.79. The summed E-state index contributed by atoms with van der Waals surface area (Å²) in [5.41, 5.74) is -3.03. The molecule has 0 aliphatic carbocycles. The molecule has 0 spiro atoms. The number of aromatic nitrogens is 4. The summed E-state index contributed by atoms with van der Waals surface area (Å²) in [6, 6.07) is 33.3. The van der Waals surface area contributed by atoms with Crippen LogP contribution in [0.15, 0.2) is 127 Å². The van der Waals surface area contributed by atoms with Gasteiger partial charge in [0.15, 0.2) is 46.5 Å². The molecule has 2 amide bonds. The summed E-state index contributed by atoms with van der Waals surface area (Å²) in [6.45, 7) is 0. The van der Waals surface area contributed by atoms with Crippen molar-refractivity contribution in [2.45, 2.75) is 0 Å². The van der Waals surface area contributed by atoms with Crippen LogP contribution in [0.1, 0.15) is 43.2 Å². The van der Waals surface area contributed by atoms with Gasteiger partial charge in [-0.2, -0.15) is 0 Å². The molecule has 0 atom stereocenters. The summed E-state index contributed by atoms with van der Waals surface area (Å²) < 4.78 is 159. The van der Waals surface area contributed by atoms with Crippen LogP contribution < -0.4 is 9.64 Å². The summed E-state index contributed by atoms with van der Waals surface area (Å²) in [6.07, 6.45) is 2.56. The molecule has 0 saturated carbocycles. The Morgan fingerprint density at radius 3 is 1.57 bits per heavy atom. The first kappa shape index (κ1) is 49.2. The van der Waals surface area contributed by atoms with E-state index in [0.717, 1.165) is 15.7 Å². The number of ether oxygens (including phenoxy) is 1. The number of nitrogens with zero attached hydrogens (tertiary/aromatic N) is 2. The van der Waals surface area contributed by atoms with E-state index in [1.165, 1.54) is 72.8 Å². The van der Waals surface area contributed by atoms with Crippen molar-refractivity contribution >= 4 is 84.3 Å². The van der Waals surface area contributed by atoms with Crippen molar-refractivity contribution in [1.29, 1.82) is 0 Å². The Labute approximate surface area is 443 Å². The third kappa shape index (κ3) is 7.52. The van der Waals surface area contributed by atoms with E-state index in [1.54, 1.807) is 37.4 Å². The summed E-state index contributed by atoms with van der Waals surface area (Å²) in [5.74, 6) is -16.9. The van der Waals surface area contributed by atoms with Crippen LogP contribution in [0.4, 0.5) is 49.6 Å². The SMILES string of the molecule is COc1ccc2cc(C#Cc3ccc4c5c(cccc35)C(=O)N(c3cccc(-c5c6nc(c(-c7c(F)c(F)c(F)c(F)c7F)c7ccc([nH]7)c7ccc([nH]7)c(-c7c(F)c(F)c(F)c(F)c7F)c7ccc5[nH]7)C=C6)c3)C4=O)ccc2c1. The molecule has 3 N–H and O–H groups in total. The number of hydrogen-bond acceptors (Lipinski definition) is 4. The number of methoxy groups -OCH3 is 1. The number of nitrogens with one attached hydrogen (secondary N) is 3. The van der Waals surface area contributed by atoms with Crippen LogP contribution in [0.5, 0.6) is 5.75 Å². The third-order valence-corrected chi connectivity index (χ3v) is 14.2. The van der Waals surface area contributed by atoms with Gasteiger partial charge in [0, 0.05) is 66.4 Å². The molecule has 13 rings (SSSR count). The van der Waals surface area contributed by atoms with Crippen molar-refractivity contribution in [3.8, 4) is 51.0 Å². The van der Waals surface area contributed by atoms with Gasteiger partial charge in [0.1, 0.15) is 5.75 Å². The molecule has 390 valence electrons. The molecule has 0 unspecified atom stereocenters. The Balaban J connectivity index is 1.02. The zero-order valence-electron chi connectivity index (χ0n) is 40.7. The normalized spacial score (nSPS) is 12.6. The first-order valence-corrected chi connectivity index (χ1v) is 24.1. The number of benzene rings is 7. The molecule has 4 aromatic heterocycles. The molecule has 7 aromatic carbocycles. The minimum absolute atomic E-state index is 0.00754. The van der Waals surface area contributed by atoms with Gasteiger partial charge in [0.05, 0.1) is 46.3 Å². The van der Waals surface area contributed by atoms with Crippen LogP contribution in [0.2, 0.25) is 0 Å². The Hall–Kier alpha value is -10.4. The number of H-pyrrole nitrogens is 3. The largest absolute Gasteiger partial charge is 0.497 e. The molecular weight excluding hydrogens is 1050 g/mol. The van der Waals surface area contributed by atoms with Crippen LogP contribution in [0.3, 0.4) is 0 Å². The number of hydrogen-bond donors (Lipinski definition) is 3. The number of aromatic amines is 3. The van der Waals surface area contributed by atoms with Crippen LogP contribution in [0.25, 0.3) is 100 Å². The van der Waals surface area contributed by atoms with Crippen molar-refractivity contribution in [2.75, 3.05) is 12.0 Å². The van der Waals surface area contributed by atoms with Gasteiger partial charge >= 0.3 is 0 Å². The number of carbonyl (C=O) groups is 2. The predicted octanol–water partition coefficient (Wildman–Crippen LogP) is 15.6. The highest BCUT2D eigenvalue weighted by Crippen LogP contribution is 2.43. The van der Waals surface area contributed by atoms with Crippen LogP contribution in [0, 0.1) is 70.0 Å². The highest BCUT2D eigenvalue weighted by atomic mass is 19.2. The molecule has 0 saturated heterocycles. The number of imide groups is 1. The van der Waals surface area contributed by atoms with Gasteiger partial charge in [-0.3, -0.25) is 9.59 Å². The molecule has 6 heterocycles. The minimum atomic E-state index is -2.41. The Kier molecular flexibility index (Phi) is 11.3. The van der Waals surface area contributed by atoms with Gasteiger partial charge < -0.3 is 19.7 Å². The highest BCUT2D eigenvalue weighted by Gasteiger charge is 2.36. The van der Waals surface area contributed by atoms with Gasteiger partial charge in [0.2, 0.25) is 11.6 Å². The number of rotatable bonds is 5. The molecule has 11 aromatic rings. The van der Waals surface area contributed by atoms with E-state index in [1.807, 2.05) is 36.4 Å². The second-order valence-corrected chi connectivity index (χ2v) is 18.7. The second-order valence-electron chi connectivity index (χ2n) is 18.7. The van der Waals surface area contributed by atoms with Crippen molar-refractivity contribution in [2.24, 2.45) is 0 Å². The summed E-state index contributed by atoms with van der Waals surface area (Å²) >= 11 is 0. The topological polar surface area (TPSA) is 107 Å². The zero-order chi connectivity index (χ0) is 55.6. The van der Waals surface area contributed by atoms with E-state index in [9.17, 15) is 18.4 Å². The number of fused-ring (bicyclic) bond motifs is 10. The average Bonchev–Trinajstić information content (AvgIpc) is 4.42. The van der Waals surface area contributed by atoms with Crippen LogP contribution in [-0.4, -0.2) is 38.9 Å². The Bertz CT molecular complexity index is 4770. The van der Waals surface area contributed by atoms with Crippen molar-refractivity contribution in [3.05, 3.63) is 219 Å². The maximum atomic E-state index is 16.0. The van der Waals surface area contributed by atoms with E-state index in [0.29, 0.717) is 27.6 Å². The fourth-order valence-corrected chi connectivity index (χ4v) is 10.4. The zero-order valence-corrected chi connectivity index (χ0v) is 40.7. The van der Waals surface area contributed by atoms with Gasteiger partial charge in [-0.1, -0.05) is 48.2 Å². The van der Waals surface area contributed by atoms with Gasteiger partial charge in [-0.15, -0.1) is 0 Å². The minimum Gasteiger partial charge on any atom is -0.497 e. The second kappa shape index (κ2) is 18.4. The lowest BCUT2D eigenvalue weighted by atomic mass is 9.91. The Morgan fingerprint density at radius 2 is 0.950 bits per heavy atom. The smallest absolute Gasteiger partial charge is 0.265 e. The Morgan fingerprint density at radius 1 is 0.450 bits per heavy atom. The molecule has 80 heavy (non-hydrogen) atoms. The lowest BCUT2D eigenvalue weighted by Gasteiger charge is -2.28. The van der Waals surface area contributed by atoms with E-state index < -0.39 is 92.2 Å². The first-order valence-electron chi connectivity index (χ1n) is 24.1. The fourth-order valence-electron chi connectivity index (χ4n) is 10.4. The maximum absolute atomic E-state index is 16.0. The first-order chi connectivity index (χ1) is 38.6. The number of halogens is 10. The molecular formula is C62H29F10N5O3. The number of anilines is 1. The van der Waals surface area contributed by atoms with Gasteiger partial charge in [-0.05, 0) is 125 Å². The standard InChI is InChI=1S/C62H29F10N5O3/c1-80-33-14-12-29-24-27(9-11-30(29)26-33)8-10-28-13-15-36-46-34(28)6-3-7-35(46)61(78)77(62(36)79)32-5-2-4-31(25-32)45-39-20-22-43(75-39)47(49-51(63)55(67)59(71)56(68)52(49)64)41-18-16-37(73-41)38-17-19-42(74-38)48(44-23-21-40(45)76-44)50-53(65)57(69)60(72)58(70)54(50)66/h2-7,9,11-26,73-75H,1H3. The van der Waals surface area contributed by atoms with Crippen molar-refractivity contribution in [3.63, 3.8) is 0 Å². The quantitative estimate of drug-likeness (QED) is 0.0525. The third-order valence-electron chi connectivity index (χ3n) is 14.2. The molecule has 8 nitrogen and oxygen atoms in total. The van der Waals surface area contributed by atoms with Crippen molar-refractivity contribution in [1.82, 2.24) is 19.9 Å². The maximum Gasteiger partial charge on any atom is 0.265 e. The summed E-state index contributed by atoms with van der Waals surface area (Å²) in [4.78, 5) is 43.9. The molecule has 2 aliphatic heterocycles. The van der Waals surface area contributed by atoms with Crippen LogP contribution in [-0.2, 0) is 0 Å². The molecule has 2 aliphatic rings. The lowest BCUT2D eigenvalue weighted by molar-refractivity contribution is 0.0893. The van der Waals surface area contributed by atoms with Crippen molar-refractivity contribution < 1.29 is 58.2 Å². The number of amides is 2. The van der Waals surface area contributed by atoms with E-state index >= 15 is 35.1 Å². The van der Waals surface area contributed by atoms with E-state index in [-0.39, 0.29) is 72.4 Å². The highest BCUT2D eigenvalue weighted by molar-refractivity contribution is 6.36. The van der Waals surface area contributed by atoms with Crippen LogP contribution >= 0.6 is 0 Å². The van der Waals surface area contributed by atoms with E-state index in [4.69, 9.17) is 4.74 Å². The van der Waals surface area contributed by atoms with E-state index in [2.05, 4.69) is 31.8 Å². The molecule has 0 fully saturated rings. The molecule has 18 heteroatoms. The predicted molar refractivity (Wildman–Crippen MR) is 283 cm³/mol. The summed E-state index contributed by atoms with van der Waals surface area (Å²) in [7, 11) is 1.59. The lowest BCUT2D eigenvalue weighted by Crippen LogP contribution is -2.40. The van der Waals surface area contributed by atoms with Gasteiger partial charge in [-0.25, -0.2) is 53.8 Å². The monoisotopic (exact) mass is 1080 g/mol. The molecule has 8 bridgehead atoms.